The molecule has 1 N–H and O–H groups in total. The molecule has 0 spiro atoms. The van der Waals surface area contributed by atoms with Crippen LogP contribution in [0.1, 0.15) is 0 Å². The highest BCUT2D eigenvalue weighted by molar-refractivity contribution is 5.78. The minimum Gasteiger partial charge on any atom is -0.506 e. The van der Waals surface area contributed by atoms with Gasteiger partial charge >= 0.3 is 0 Å². The molecule has 4 rings (SSSR count). The molecular weight excluding hydrogens is 370 g/mol. The molecule has 154 valence electrons. The second kappa shape index (κ2) is 8.61. The molecule has 2 aliphatic rings. The van der Waals surface area contributed by atoms with Crippen LogP contribution in [0.15, 0.2) is 48.5 Å². The lowest BCUT2D eigenvalue weighted by Gasteiger charge is -2.36. The van der Waals surface area contributed by atoms with Crippen molar-refractivity contribution in [3.63, 3.8) is 0 Å². The average Bonchev–Trinajstić information content (AvgIpc) is 2.74. The third kappa shape index (κ3) is 4.56. The van der Waals surface area contributed by atoms with Crippen molar-refractivity contribution in [2.24, 2.45) is 0 Å². The molecule has 29 heavy (non-hydrogen) atoms. The Morgan fingerprint density at radius 1 is 1.07 bits per heavy atom. The summed E-state index contributed by atoms with van der Waals surface area (Å²) >= 11 is 0. The van der Waals surface area contributed by atoms with Crippen LogP contribution in [0, 0.1) is 0 Å². The number of carbonyl (C=O) groups excluding carboxylic acids is 1. The number of piperazine rings is 1. The number of para-hydroxylation sites is 4. The van der Waals surface area contributed by atoms with Crippen molar-refractivity contribution in [1.82, 2.24) is 9.80 Å². The van der Waals surface area contributed by atoms with E-state index < -0.39 is 0 Å². The van der Waals surface area contributed by atoms with Gasteiger partial charge in [0.25, 0.3) is 0 Å². The maximum absolute atomic E-state index is 12.7. The standard InChI is InChI=1S/C22H27N3O4/c1-23(14-17-16-28-20-8-4-5-9-21(20)29-17)22(27)15-24-10-12-25(13-11-24)18-6-2-3-7-19(18)26/h2-9,17,26H,10-16H2,1H3/t17-/m0/s1. The van der Waals surface area contributed by atoms with E-state index in [1.165, 1.54) is 0 Å². The second-order valence-electron chi connectivity index (χ2n) is 7.52. The fourth-order valence-electron chi connectivity index (χ4n) is 3.75. The van der Waals surface area contributed by atoms with Gasteiger partial charge in [0.2, 0.25) is 5.91 Å². The lowest BCUT2D eigenvalue weighted by atomic mass is 10.2. The first-order chi connectivity index (χ1) is 14.1. The molecule has 1 saturated heterocycles. The van der Waals surface area contributed by atoms with Crippen LogP contribution in [0.2, 0.25) is 0 Å². The Balaban J connectivity index is 1.24. The Labute approximate surface area is 171 Å². The summed E-state index contributed by atoms with van der Waals surface area (Å²) in [6.45, 7) is 4.44. The number of amides is 1. The van der Waals surface area contributed by atoms with Crippen molar-refractivity contribution in [1.29, 1.82) is 0 Å². The zero-order valence-electron chi connectivity index (χ0n) is 16.7. The molecule has 1 fully saturated rings. The van der Waals surface area contributed by atoms with E-state index in [1.807, 2.05) is 49.5 Å². The number of likely N-dealkylation sites (N-methyl/N-ethyl adjacent to an activating group) is 1. The Bertz CT molecular complexity index is 851. The summed E-state index contributed by atoms with van der Waals surface area (Å²) in [5, 5.41) is 10.0. The number of anilines is 1. The van der Waals surface area contributed by atoms with Crippen LogP contribution in [0.5, 0.6) is 17.2 Å². The second-order valence-corrected chi connectivity index (χ2v) is 7.52. The molecule has 2 aromatic rings. The molecule has 0 radical (unpaired) electrons. The number of fused-ring (bicyclic) bond motifs is 1. The highest BCUT2D eigenvalue weighted by Crippen LogP contribution is 2.31. The molecule has 2 aromatic carbocycles. The van der Waals surface area contributed by atoms with Crippen molar-refractivity contribution in [3.05, 3.63) is 48.5 Å². The Hall–Kier alpha value is -2.93. The topological polar surface area (TPSA) is 65.5 Å². The van der Waals surface area contributed by atoms with Crippen LogP contribution in [-0.4, -0.2) is 79.8 Å². The van der Waals surface area contributed by atoms with Crippen molar-refractivity contribution in [2.75, 3.05) is 57.8 Å². The van der Waals surface area contributed by atoms with Crippen molar-refractivity contribution < 1.29 is 19.4 Å². The zero-order chi connectivity index (χ0) is 20.2. The van der Waals surface area contributed by atoms with E-state index in [0.717, 1.165) is 43.4 Å². The average molecular weight is 397 g/mol. The maximum atomic E-state index is 12.7. The van der Waals surface area contributed by atoms with Gasteiger partial charge in [0.1, 0.15) is 12.4 Å². The van der Waals surface area contributed by atoms with E-state index in [0.29, 0.717) is 25.4 Å². The van der Waals surface area contributed by atoms with Gasteiger partial charge in [-0.3, -0.25) is 9.69 Å². The summed E-state index contributed by atoms with van der Waals surface area (Å²) in [5.74, 6) is 1.85. The van der Waals surface area contributed by atoms with Gasteiger partial charge < -0.3 is 24.4 Å². The Morgan fingerprint density at radius 3 is 2.52 bits per heavy atom. The van der Waals surface area contributed by atoms with Gasteiger partial charge in [-0.2, -0.15) is 0 Å². The van der Waals surface area contributed by atoms with Gasteiger partial charge in [-0.25, -0.2) is 0 Å². The van der Waals surface area contributed by atoms with Crippen LogP contribution in [-0.2, 0) is 4.79 Å². The number of rotatable bonds is 5. The van der Waals surface area contributed by atoms with E-state index in [1.54, 1.807) is 11.0 Å². The fourth-order valence-corrected chi connectivity index (χ4v) is 3.75. The van der Waals surface area contributed by atoms with Crippen LogP contribution < -0.4 is 14.4 Å². The van der Waals surface area contributed by atoms with Crippen molar-refractivity contribution >= 4 is 11.6 Å². The first-order valence-corrected chi connectivity index (χ1v) is 9.98. The molecule has 0 unspecified atom stereocenters. The summed E-state index contributed by atoms with van der Waals surface area (Å²) in [5.41, 5.74) is 0.852. The molecule has 1 amide bonds. The molecule has 2 heterocycles. The predicted molar refractivity (Wildman–Crippen MR) is 111 cm³/mol. The Kier molecular flexibility index (Phi) is 5.76. The monoisotopic (exact) mass is 397 g/mol. The minimum absolute atomic E-state index is 0.0727. The highest BCUT2D eigenvalue weighted by Gasteiger charge is 2.26. The fraction of sp³-hybridized carbons (Fsp3) is 0.409. The van der Waals surface area contributed by atoms with Crippen LogP contribution in [0.3, 0.4) is 0 Å². The molecule has 7 nitrogen and oxygen atoms in total. The molecule has 2 aliphatic heterocycles. The largest absolute Gasteiger partial charge is 0.506 e. The lowest BCUT2D eigenvalue weighted by Crippen LogP contribution is -2.51. The van der Waals surface area contributed by atoms with E-state index >= 15 is 0 Å². The van der Waals surface area contributed by atoms with Crippen LogP contribution in [0.4, 0.5) is 5.69 Å². The number of aromatic hydroxyl groups is 1. The van der Waals surface area contributed by atoms with Gasteiger partial charge in [0.15, 0.2) is 17.6 Å². The van der Waals surface area contributed by atoms with Gasteiger partial charge in [0.05, 0.1) is 18.8 Å². The SMILES string of the molecule is CN(C[C@H]1COc2ccccc2O1)C(=O)CN1CCN(c2ccccc2O)CC1. The molecule has 0 aliphatic carbocycles. The van der Waals surface area contributed by atoms with Crippen molar-refractivity contribution in [2.45, 2.75) is 6.10 Å². The number of ether oxygens (including phenoxy) is 2. The number of phenolic OH excluding ortho intramolecular Hbond substituents is 1. The molecule has 7 heteroatoms. The van der Waals surface area contributed by atoms with Gasteiger partial charge in [-0.1, -0.05) is 24.3 Å². The first-order valence-electron chi connectivity index (χ1n) is 9.98. The van der Waals surface area contributed by atoms with Gasteiger partial charge in [-0.15, -0.1) is 0 Å². The molecule has 1 atom stereocenters. The van der Waals surface area contributed by atoms with Crippen LogP contribution >= 0.6 is 0 Å². The minimum atomic E-state index is -0.170. The number of hydrogen-bond donors (Lipinski definition) is 1. The smallest absolute Gasteiger partial charge is 0.236 e. The van der Waals surface area contributed by atoms with Crippen LogP contribution in [0.25, 0.3) is 0 Å². The maximum Gasteiger partial charge on any atom is 0.236 e. The van der Waals surface area contributed by atoms with E-state index in [9.17, 15) is 9.90 Å². The summed E-state index contributed by atoms with van der Waals surface area (Å²) in [4.78, 5) is 18.7. The van der Waals surface area contributed by atoms with E-state index in [2.05, 4.69) is 9.80 Å². The zero-order valence-corrected chi connectivity index (χ0v) is 16.7. The van der Waals surface area contributed by atoms with Gasteiger partial charge in [0, 0.05) is 33.2 Å². The molecule has 0 saturated carbocycles. The third-order valence-corrected chi connectivity index (χ3v) is 5.42. The van der Waals surface area contributed by atoms with E-state index in [-0.39, 0.29) is 12.0 Å². The van der Waals surface area contributed by atoms with E-state index in [4.69, 9.17) is 9.47 Å². The number of phenols is 1. The Morgan fingerprint density at radius 2 is 1.76 bits per heavy atom. The summed E-state index contributed by atoms with van der Waals surface area (Å²) < 4.78 is 11.7. The quantitative estimate of drug-likeness (QED) is 0.830. The number of nitrogens with zero attached hydrogens (tertiary/aromatic N) is 3. The first kappa shape index (κ1) is 19.4. The number of hydrogen-bond acceptors (Lipinski definition) is 6. The lowest BCUT2D eigenvalue weighted by molar-refractivity contribution is -0.132. The summed E-state index contributed by atoms with van der Waals surface area (Å²) in [6.07, 6.45) is -0.170. The third-order valence-electron chi connectivity index (χ3n) is 5.42. The molecule has 0 aromatic heterocycles. The predicted octanol–water partition coefficient (Wildman–Crippen LogP) is 1.81. The van der Waals surface area contributed by atoms with Gasteiger partial charge in [-0.05, 0) is 24.3 Å². The molecule has 0 bridgehead atoms. The highest BCUT2D eigenvalue weighted by atomic mass is 16.6. The normalized spacial score (nSPS) is 19.1. The summed E-state index contributed by atoms with van der Waals surface area (Å²) in [6, 6.07) is 15.0. The number of benzene rings is 2. The van der Waals surface area contributed by atoms with Crippen molar-refractivity contribution in [3.8, 4) is 17.2 Å². The molecular formula is C22H27N3O4. The number of carbonyl (C=O) groups is 1. The summed E-state index contributed by atoms with van der Waals surface area (Å²) in [7, 11) is 1.81.